The minimum atomic E-state index is -0.470. The molecule has 0 aliphatic carbocycles. The maximum Gasteiger partial charge on any atom is 0.290 e. The molecule has 1 amide bonds. The molecule has 0 N–H and O–H groups in total. The number of halogens is 1. The van der Waals surface area contributed by atoms with Gasteiger partial charge in [-0.15, -0.1) is 0 Å². The minimum absolute atomic E-state index is 0.0390. The topological polar surface area (TPSA) is 79.8 Å². The summed E-state index contributed by atoms with van der Waals surface area (Å²) in [7, 11) is 0. The Morgan fingerprint density at radius 1 is 1.14 bits per heavy atom. The van der Waals surface area contributed by atoms with Crippen molar-refractivity contribution in [3.63, 3.8) is 0 Å². The standard InChI is InChI=1S/C20H18ClN3O4/c1-13-15-4-2-3-5-18(15)28-19(13)20(25)23-10-8-22(9-11-23)17-7-6-14(24(26)27)12-16(17)21/h2-7,12H,8-11H2,1H3. The van der Waals surface area contributed by atoms with Gasteiger partial charge < -0.3 is 14.2 Å². The van der Waals surface area contributed by atoms with Crippen molar-refractivity contribution in [3.8, 4) is 0 Å². The van der Waals surface area contributed by atoms with Crippen LogP contribution in [0.1, 0.15) is 16.1 Å². The van der Waals surface area contributed by atoms with Crippen molar-refractivity contribution in [2.45, 2.75) is 6.92 Å². The van der Waals surface area contributed by atoms with Crippen molar-refractivity contribution in [1.82, 2.24) is 4.90 Å². The molecule has 1 aliphatic heterocycles. The van der Waals surface area contributed by atoms with Gasteiger partial charge in [0.25, 0.3) is 11.6 Å². The third kappa shape index (κ3) is 3.18. The molecule has 3 aromatic rings. The highest BCUT2D eigenvalue weighted by Crippen LogP contribution is 2.31. The van der Waals surface area contributed by atoms with Gasteiger partial charge in [-0.05, 0) is 19.1 Å². The molecule has 0 bridgehead atoms. The fourth-order valence-electron chi connectivity index (χ4n) is 3.54. The van der Waals surface area contributed by atoms with Crippen LogP contribution >= 0.6 is 11.6 Å². The summed E-state index contributed by atoms with van der Waals surface area (Å²) in [6, 6.07) is 12.1. The van der Waals surface area contributed by atoms with Crippen LogP contribution in [0.2, 0.25) is 5.02 Å². The monoisotopic (exact) mass is 399 g/mol. The number of non-ortho nitro benzene ring substituents is 1. The van der Waals surface area contributed by atoms with E-state index in [0.717, 1.165) is 16.6 Å². The lowest BCUT2D eigenvalue weighted by atomic mass is 10.1. The number of piperazine rings is 1. The second-order valence-corrected chi connectivity index (χ2v) is 7.13. The minimum Gasteiger partial charge on any atom is -0.451 e. The average molecular weight is 400 g/mol. The number of hydrogen-bond donors (Lipinski definition) is 0. The largest absolute Gasteiger partial charge is 0.451 e. The second kappa shape index (κ2) is 7.16. The zero-order valence-electron chi connectivity index (χ0n) is 15.2. The molecule has 144 valence electrons. The number of carbonyl (C=O) groups is 1. The van der Waals surface area contributed by atoms with Gasteiger partial charge in [-0.25, -0.2) is 0 Å². The van der Waals surface area contributed by atoms with E-state index in [0.29, 0.717) is 42.5 Å². The maximum absolute atomic E-state index is 12.9. The molecule has 2 heterocycles. The fourth-order valence-corrected chi connectivity index (χ4v) is 3.83. The highest BCUT2D eigenvalue weighted by molar-refractivity contribution is 6.33. The number of aryl methyl sites for hydroxylation is 1. The zero-order chi connectivity index (χ0) is 19.8. The fraction of sp³-hybridized carbons (Fsp3) is 0.250. The average Bonchev–Trinajstić information content (AvgIpc) is 3.04. The number of carbonyl (C=O) groups excluding carboxylic acids is 1. The molecule has 1 aliphatic rings. The summed E-state index contributed by atoms with van der Waals surface area (Å²) in [6.45, 7) is 4.10. The van der Waals surface area contributed by atoms with Crippen LogP contribution in [0, 0.1) is 17.0 Å². The van der Waals surface area contributed by atoms with E-state index < -0.39 is 4.92 Å². The Hall–Kier alpha value is -3.06. The van der Waals surface area contributed by atoms with Crippen molar-refractivity contribution in [1.29, 1.82) is 0 Å². The van der Waals surface area contributed by atoms with Gasteiger partial charge >= 0.3 is 0 Å². The smallest absolute Gasteiger partial charge is 0.290 e. The molecule has 1 aromatic heterocycles. The number of nitrogens with zero attached hydrogens (tertiary/aromatic N) is 3. The van der Waals surface area contributed by atoms with E-state index in [4.69, 9.17) is 16.0 Å². The molecule has 0 radical (unpaired) electrons. The first-order valence-corrected chi connectivity index (χ1v) is 9.30. The number of anilines is 1. The molecule has 0 atom stereocenters. The third-order valence-electron chi connectivity index (χ3n) is 5.09. The Balaban J connectivity index is 1.48. The first kappa shape index (κ1) is 18.3. The van der Waals surface area contributed by atoms with Gasteiger partial charge in [-0.1, -0.05) is 29.8 Å². The van der Waals surface area contributed by atoms with Gasteiger partial charge in [-0.2, -0.15) is 0 Å². The Morgan fingerprint density at radius 2 is 1.86 bits per heavy atom. The lowest BCUT2D eigenvalue weighted by Crippen LogP contribution is -2.49. The van der Waals surface area contributed by atoms with Gasteiger partial charge in [0, 0.05) is 49.3 Å². The Morgan fingerprint density at radius 3 is 2.50 bits per heavy atom. The molecule has 1 fully saturated rings. The SMILES string of the molecule is Cc1c(C(=O)N2CCN(c3ccc([N+](=O)[O-])cc3Cl)CC2)oc2ccccc12. The normalized spacial score (nSPS) is 14.5. The Labute approximate surface area is 166 Å². The number of nitro groups is 1. The molecule has 0 spiro atoms. The number of hydrogen-bond acceptors (Lipinski definition) is 5. The van der Waals surface area contributed by atoms with Crippen molar-refractivity contribution < 1.29 is 14.1 Å². The van der Waals surface area contributed by atoms with E-state index in [1.165, 1.54) is 12.1 Å². The zero-order valence-corrected chi connectivity index (χ0v) is 16.0. The van der Waals surface area contributed by atoms with Crippen molar-refractivity contribution in [3.05, 3.63) is 68.9 Å². The number of fused-ring (bicyclic) bond motifs is 1. The number of para-hydroxylation sites is 1. The van der Waals surface area contributed by atoms with Crippen molar-refractivity contribution in [2.75, 3.05) is 31.1 Å². The quantitative estimate of drug-likeness (QED) is 0.485. The molecule has 0 saturated carbocycles. The van der Waals surface area contributed by atoms with Crippen LogP contribution in [0.5, 0.6) is 0 Å². The van der Waals surface area contributed by atoms with Gasteiger partial charge in [-0.3, -0.25) is 14.9 Å². The summed E-state index contributed by atoms with van der Waals surface area (Å²) in [5, 5.41) is 12.1. The summed E-state index contributed by atoms with van der Waals surface area (Å²) in [6.07, 6.45) is 0. The van der Waals surface area contributed by atoms with Crippen molar-refractivity contribution >= 4 is 39.9 Å². The second-order valence-electron chi connectivity index (χ2n) is 6.72. The van der Waals surface area contributed by atoms with Crippen LogP contribution in [-0.2, 0) is 0 Å². The van der Waals surface area contributed by atoms with Crippen LogP contribution in [-0.4, -0.2) is 41.9 Å². The summed E-state index contributed by atoms with van der Waals surface area (Å²) in [4.78, 5) is 27.1. The number of furan rings is 1. The van der Waals surface area contributed by atoms with E-state index in [9.17, 15) is 14.9 Å². The molecule has 2 aromatic carbocycles. The van der Waals surface area contributed by atoms with Gasteiger partial charge in [0.05, 0.1) is 15.6 Å². The highest BCUT2D eigenvalue weighted by Gasteiger charge is 2.27. The van der Waals surface area contributed by atoms with Crippen LogP contribution in [0.3, 0.4) is 0 Å². The van der Waals surface area contributed by atoms with Crippen LogP contribution in [0.15, 0.2) is 46.9 Å². The van der Waals surface area contributed by atoms with E-state index >= 15 is 0 Å². The van der Waals surface area contributed by atoms with Crippen LogP contribution in [0.25, 0.3) is 11.0 Å². The first-order valence-electron chi connectivity index (χ1n) is 8.92. The van der Waals surface area contributed by atoms with E-state index in [2.05, 4.69) is 0 Å². The molecule has 28 heavy (non-hydrogen) atoms. The summed E-state index contributed by atoms with van der Waals surface area (Å²) < 4.78 is 5.79. The molecular formula is C20H18ClN3O4. The Kier molecular flexibility index (Phi) is 4.68. The molecule has 4 rings (SSSR count). The molecule has 7 nitrogen and oxygen atoms in total. The molecule has 1 saturated heterocycles. The summed E-state index contributed by atoms with van der Waals surface area (Å²) in [5.74, 6) is 0.256. The first-order chi connectivity index (χ1) is 13.5. The predicted molar refractivity (Wildman–Crippen MR) is 107 cm³/mol. The third-order valence-corrected chi connectivity index (χ3v) is 5.39. The van der Waals surface area contributed by atoms with E-state index in [-0.39, 0.29) is 11.6 Å². The maximum atomic E-state index is 12.9. The molecule has 0 unspecified atom stereocenters. The summed E-state index contributed by atoms with van der Waals surface area (Å²) in [5.41, 5.74) is 2.25. The summed E-state index contributed by atoms with van der Waals surface area (Å²) >= 11 is 6.23. The lowest BCUT2D eigenvalue weighted by Gasteiger charge is -2.36. The van der Waals surface area contributed by atoms with Gasteiger partial charge in [0.2, 0.25) is 0 Å². The number of rotatable bonds is 3. The predicted octanol–water partition coefficient (Wildman–Crippen LogP) is 4.27. The number of benzene rings is 2. The van der Waals surface area contributed by atoms with E-state index in [1.54, 1.807) is 11.0 Å². The lowest BCUT2D eigenvalue weighted by molar-refractivity contribution is -0.384. The highest BCUT2D eigenvalue weighted by atomic mass is 35.5. The van der Waals surface area contributed by atoms with Gasteiger partial charge in [0.1, 0.15) is 5.58 Å². The number of amides is 1. The van der Waals surface area contributed by atoms with Crippen molar-refractivity contribution in [2.24, 2.45) is 0 Å². The van der Waals surface area contributed by atoms with Gasteiger partial charge in [0.15, 0.2) is 5.76 Å². The molecule has 8 heteroatoms. The van der Waals surface area contributed by atoms with Crippen LogP contribution < -0.4 is 4.90 Å². The van der Waals surface area contributed by atoms with Crippen LogP contribution in [0.4, 0.5) is 11.4 Å². The molecular weight excluding hydrogens is 382 g/mol. The number of nitro benzene ring substituents is 1. The Bertz CT molecular complexity index is 1070. The van der Waals surface area contributed by atoms with E-state index in [1.807, 2.05) is 36.1 Å².